The van der Waals surface area contributed by atoms with Gasteiger partial charge in [-0.1, -0.05) is 23.4 Å². The van der Waals surface area contributed by atoms with Crippen molar-refractivity contribution in [1.29, 1.82) is 0 Å². The fourth-order valence-corrected chi connectivity index (χ4v) is 1.62. The molecule has 1 aromatic heterocycles. The topological polar surface area (TPSA) is 45.7 Å². The van der Waals surface area contributed by atoms with Crippen molar-refractivity contribution in [2.75, 3.05) is 0 Å². The number of ether oxygens (including phenoxy) is 1. The zero-order valence-corrected chi connectivity index (χ0v) is 10.4. The highest BCUT2D eigenvalue weighted by Gasteiger charge is 2.08. The van der Waals surface area contributed by atoms with E-state index in [-0.39, 0.29) is 0 Å². The molecular weight excluding hydrogens is 228 g/mol. The molecule has 1 aromatic carbocycles. The summed E-state index contributed by atoms with van der Waals surface area (Å²) in [5.74, 6) is 1.52. The van der Waals surface area contributed by atoms with Crippen LogP contribution in [0.1, 0.15) is 11.3 Å². The zero-order chi connectivity index (χ0) is 13.0. The van der Waals surface area contributed by atoms with Crippen LogP contribution in [0.15, 0.2) is 47.8 Å². The van der Waals surface area contributed by atoms with E-state index in [0.717, 1.165) is 17.0 Å². The lowest BCUT2D eigenvalue weighted by Crippen LogP contribution is -2.32. The van der Waals surface area contributed by atoms with Crippen LogP contribution in [0.2, 0.25) is 0 Å². The van der Waals surface area contributed by atoms with Crippen molar-refractivity contribution in [3.8, 4) is 11.5 Å². The molecule has 4 nitrogen and oxygen atoms in total. The second-order valence-electron chi connectivity index (χ2n) is 4.01. The maximum absolute atomic E-state index is 8.58. The quantitative estimate of drug-likeness (QED) is 0.389. The second kappa shape index (κ2) is 5.31. The normalized spacial score (nSPS) is 10.8. The van der Waals surface area contributed by atoms with Gasteiger partial charge in [-0.05, 0) is 18.6 Å². The van der Waals surface area contributed by atoms with Gasteiger partial charge < -0.3 is 9.94 Å². The molecule has 0 saturated heterocycles. The molecule has 2 aromatic rings. The molecule has 0 aliphatic carbocycles. The number of oxime groups is 1. The van der Waals surface area contributed by atoms with Crippen LogP contribution in [0.25, 0.3) is 0 Å². The van der Waals surface area contributed by atoms with Gasteiger partial charge in [0.25, 0.3) is 0 Å². The summed E-state index contributed by atoms with van der Waals surface area (Å²) in [5, 5.41) is 11.6. The molecule has 18 heavy (non-hydrogen) atoms. The third kappa shape index (κ3) is 2.66. The zero-order valence-electron chi connectivity index (χ0n) is 10.4. The number of nitrogens with zero attached hydrogens (tertiary/aromatic N) is 2. The number of aromatic nitrogens is 1. The summed E-state index contributed by atoms with van der Waals surface area (Å²) in [5.41, 5.74) is 1.83. The first-order valence-corrected chi connectivity index (χ1v) is 5.61. The van der Waals surface area contributed by atoms with Gasteiger partial charge in [-0.2, -0.15) is 4.57 Å². The van der Waals surface area contributed by atoms with E-state index in [4.69, 9.17) is 9.94 Å². The predicted molar refractivity (Wildman–Crippen MR) is 68.3 cm³/mol. The molecule has 0 fully saturated rings. The fraction of sp³-hybridized carbons (Fsp3) is 0.143. The summed E-state index contributed by atoms with van der Waals surface area (Å²) in [6.45, 7) is 1.99. The second-order valence-corrected chi connectivity index (χ2v) is 4.01. The van der Waals surface area contributed by atoms with E-state index in [0.29, 0.717) is 5.75 Å². The average molecular weight is 243 g/mol. The van der Waals surface area contributed by atoms with Crippen molar-refractivity contribution in [1.82, 2.24) is 0 Å². The molecule has 0 saturated carbocycles. The van der Waals surface area contributed by atoms with Gasteiger partial charge in [0.1, 0.15) is 24.8 Å². The highest BCUT2D eigenvalue weighted by molar-refractivity contribution is 5.75. The first-order valence-electron chi connectivity index (χ1n) is 5.61. The molecular formula is C14H15N2O2+. The summed E-state index contributed by atoms with van der Waals surface area (Å²) in [6, 6.07) is 11.5. The fourth-order valence-electron chi connectivity index (χ4n) is 1.62. The van der Waals surface area contributed by atoms with Crippen molar-refractivity contribution < 1.29 is 14.5 Å². The Hall–Kier alpha value is -2.36. The van der Waals surface area contributed by atoms with E-state index >= 15 is 0 Å². The summed E-state index contributed by atoms with van der Waals surface area (Å²) < 4.78 is 7.63. The minimum Gasteiger partial charge on any atom is -0.457 e. The third-order valence-corrected chi connectivity index (χ3v) is 2.67. The number of hydrogen-bond acceptors (Lipinski definition) is 3. The molecule has 1 N–H and O–H groups in total. The third-order valence-electron chi connectivity index (χ3n) is 2.67. The molecule has 92 valence electrons. The van der Waals surface area contributed by atoms with Crippen molar-refractivity contribution in [3.63, 3.8) is 0 Å². The molecule has 4 heteroatoms. The maximum Gasteiger partial charge on any atom is 0.230 e. The van der Waals surface area contributed by atoms with Crippen molar-refractivity contribution >= 4 is 6.21 Å². The summed E-state index contributed by atoms with van der Waals surface area (Å²) >= 11 is 0. The predicted octanol–water partition coefficient (Wildman–Crippen LogP) is 2.42. The van der Waals surface area contributed by atoms with E-state index in [1.165, 1.54) is 6.21 Å². The van der Waals surface area contributed by atoms with Gasteiger partial charge in [0.15, 0.2) is 6.20 Å². The lowest BCUT2D eigenvalue weighted by atomic mass is 10.2. The maximum atomic E-state index is 8.58. The standard InChI is InChI=1S/C14H14N2O2/c1-11-5-3-4-6-14(11)18-13-7-8-16(2)12(9-13)10-15-17/h3-10H,1-2H3/p+1. The molecule has 0 spiro atoms. The Morgan fingerprint density at radius 3 is 2.78 bits per heavy atom. The van der Waals surface area contributed by atoms with Crippen molar-refractivity contribution in [2.24, 2.45) is 12.2 Å². The van der Waals surface area contributed by atoms with Gasteiger partial charge in [-0.15, -0.1) is 0 Å². The Morgan fingerprint density at radius 2 is 2.06 bits per heavy atom. The lowest BCUT2D eigenvalue weighted by molar-refractivity contribution is -0.672. The Kier molecular flexibility index (Phi) is 3.57. The molecule has 1 heterocycles. The number of hydrogen-bond donors (Lipinski definition) is 1. The molecule has 0 bridgehead atoms. The average Bonchev–Trinajstić information content (AvgIpc) is 2.36. The Balaban J connectivity index is 2.30. The lowest BCUT2D eigenvalue weighted by Gasteiger charge is -2.07. The highest BCUT2D eigenvalue weighted by atomic mass is 16.5. The van der Waals surface area contributed by atoms with E-state index in [1.54, 1.807) is 0 Å². The van der Waals surface area contributed by atoms with Gasteiger partial charge in [-0.25, -0.2) is 0 Å². The summed E-state index contributed by atoms with van der Waals surface area (Å²) in [4.78, 5) is 0. The molecule has 0 radical (unpaired) electrons. The Morgan fingerprint density at radius 1 is 1.28 bits per heavy atom. The molecule has 0 amide bonds. The van der Waals surface area contributed by atoms with Gasteiger partial charge >= 0.3 is 0 Å². The number of para-hydroxylation sites is 1. The van der Waals surface area contributed by atoms with Crippen LogP contribution < -0.4 is 9.30 Å². The number of rotatable bonds is 3. The Bertz CT molecular complexity index is 580. The van der Waals surface area contributed by atoms with Crippen molar-refractivity contribution in [2.45, 2.75) is 6.92 Å². The van der Waals surface area contributed by atoms with Crippen LogP contribution in [0.4, 0.5) is 0 Å². The van der Waals surface area contributed by atoms with Crippen LogP contribution in [-0.4, -0.2) is 11.4 Å². The number of benzene rings is 1. The van der Waals surface area contributed by atoms with Gasteiger partial charge in [-0.3, -0.25) is 0 Å². The van der Waals surface area contributed by atoms with Crippen LogP contribution in [0, 0.1) is 6.92 Å². The van der Waals surface area contributed by atoms with Gasteiger partial charge in [0, 0.05) is 6.07 Å². The van der Waals surface area contributed by atoms with Crippen LogP contribution in [0.3, 0.4) is 0 Å². The Labute approximate surface area is 106 Å². The van der Waals surface area contributed by atoms with Gasteiger partial charge in [0.2, 0.25) is 5.69 Å². The number of pyridine rings is 1. The van der Waals surface area contributed by atoms with E-state index in [9.17, 15) is 0 Å². The largest absolute Gasteiger partial charge is 0.457 e. The molecule has 0 unspecified atom stereocenters. The van der Waals surface area contributed by atoms with Crippen LogP contribution in [0.5, 0.6) is 11.5 Å². The monoisotopic (exact) mass is 243 g/mol. The first kappa shape index (κ1) is 12.1. The minimum absolute atomic E-state index is 0.706. The number of aryl methyl sites for hydroxylation is 2. The van der Waals surface area contributed by atoms with Crippen molar-refractivity contribution in [3.05, 3.63) is 53.9 Å². The minimum atomic E-state index is 0.706. The van der Waals surface area contributed by atoms with Crippen LogP contribution >= 0.6 is 0 Å². The smallest absolute Gasteiger partial charge is 0.230 e. The molecule has 0 aliphatic heterocycles. The SMILES string of the molecule is Cc1ccccc1Oc1cc[n+](C)c(/C=N/O)c1. The van der Waals surface area contributed by atoms with E-state index in [1.807, 2.05) is 61.1 Å². The summed E-state index contributed by atoms with van der Waals surface area (Å²) in [7, 11) is 1.87. The highest BCUT2D eigenvalue weighted by Crippen LogP contribution is 2.23. The molecule has 0 atom stereocenters. The van der Waals surface area contributed by atoms with E-state index < -0.39 is 0 Å². The van der Waals surface area contributed by atoms with E-state index in [2.05, 4.69) is 5.16 Å². The van der Waals surface area contributed by atoms with Gasteiger partial charge in [0.05, 0.1) is 6.07 Å². The molecule has 0 aliphatic rings. The first-order chi connectivity index (χ1) is 8.70. The summed E-state index contributed by atoms with van der Waals surface area (Å²) in [6.07, 6.45) is 3.22. The molecule has 2 rings (SSSR count). The van der Waals surface area contributed by atoms with Crippen LogP contribution in [-0.2, 0) is 7.05 Å².